The normalized spacial score (nSPS) is 14.1. The van der Waals surface area contributed by atoms with E-state index in [0.717, 1.165) is 66.8 Å². The van der Waals surface area contributed by atoms with Crippen molar-refractivity contribution in [1.29, 1.82) is 0 Å². The molecule has 0 bridgehead atoms. The van der Waals surface area contributed by atoms with Crippen LogP contribution in [-0.4, -0.2) is 14.5 Å². The Morgan fingerprint density at radius 2 is 0.877 bits per heavy atom. The van der Waals surface area contributed by atoms with Crippen LogP contribution >= 0.6 is 0 Å². The van der Waals surface area contributed by atoms with E-state index in [9.17, 15) is 0 Å². The minimum Gasteiger partial charge on any atom is -0.292 e. The van der Waals surface area contributed by atoms with E-state index in [0.29, 0.717) is 0 Å². The van der Waals surface area contributed by atoms with Crippen LogP contribution in [0, 0.1) is 0 Å². The van der Waals surface area contributed by atoms with Crippen LogP contribution in [0.2, 0.25) is 0 Å². The molecule has 2 aromatic heterocycles. The molecule has 0 unspecified atom stereocenters. The zero-order valence-electron chi connectivity index (χ0n) is 36.9. The summed E-state index contributed by atoms with van der Waals surface area (Å²) in [5.74, 6) is 0.918. The second-order valence-electron chi connectivity index (χ2n) is 19.0. The Kier molecular flexibility index (Phi) is 8.00. The Morgan fingerprint density at radius 1 is 0.354 bits per heavy atom. The molecule has 0 fully saturated rings. The van der Waals surface area contributed by atoms with Crippen molar-refractivity contribution in [2.75, 3.05) is 0 Å². The molecule has 0 saturated heterocycles. The first kappa shape index (κ1) is 37.7. The molecule has 9 aromatic carbocycles. The van der Waals surface area contributed by atoms with Crippen LogP contribution < -0.4 is 0 Å². The Balaban J connectivity index is 1.03. The molecule has 0 aliphatic heterocycles. The van der Waals surface area contributed by atoms with Gasteiger partial charge in [-0.25, -0.2) is 9.97 Å². The number of hydrogen-bond acceptors (Lipinski definition) is 2. The SMILES string of the molecule is CC1(C)c2ccccc2-c2ccc(-c3cc(-c4ccc(-c5nc6ccccc6n5-c5ccccc5)cc4)c4cc(-c5ccc6c(c5)C(C)(C)c5ccccc5-6)c5ccccc5c4n3)cc21. The van der Waals surface area contributed by atoms with E-state index in [1.54, 1.807) is 0 Å². The second kappa shape index (κ2) is 13.8. The van der Waals surface area contributed by atoms with E-state index in [4.69, 9.17) is 9.97 Å². The summed E-state index contributed by atoms with van der Waals surface area (Å²) >= 11 is 0. The number of para-hydroxylation sites is 3. The Hall–Kier alpha value is -7.88. The molecule has 3 nitrogen and oxygen atoms in total. The van der Waals surface area contributed by atoms with Crippen molar-refractivity contribution in [3.8, 4) is 72.8 Å². The lowest BCUT2D eigenvalue weighted by Gasteiger charge is -2.22. The summed E-state index contributed by atoms with van der Waals surface area (Å²) < 4.78 is 2.27. The molecule has 0 amide bonds. The van der Waals surface area contributed by atoms with Gasteiger partial charge in [0, 0.05) is 38.4 Å². The standard InChI is InChI=1S/C62H45N3/c1-61(2)52-22-12-10-19-44(52)46-32-30-40(34-54(46)61)49-36-51-50(38-26-28-39(29-27-38)60-64-56-24-14-15-25-58(56)65(60)42-16-6-5-7-17-42)37-57(63-59(51)48-21-9-8-18-43(48)49)41-31-33-47-45-20-11-13-23-53(45)62(3,4)55(47)35-41/h5-37H,1-4H3. The number of nitrogens with zero attached hydrogens (tertiary/aromatic N) is 3. The van der Waals surface area contributed by atoms with E-state index in [-0.39, 0.29) is 10.8 Å². The van der Waals surface area contributed by atoms with Gasteiger partial charge in [0.2, 0.25) is 0 Å². The van der Waals surface area contributed by atoms with Gasteiger partial charge >= 0.3 is 0 Å². The molecule has 3 heteroatoms. The monoisotopic (exact) mass is 831 g/mol. The van der Waals surface area contributed by atoms with E-state index < -0.39 is 0 Å². The van der Waals surface area contributed by atoms with Crippen molar-refractivity contribution in [2.45, 2.75) is 38.5 Å². The summed E-state index contributed by atoms with van der Waals surface area (Å²) in [4.78, 5) is 10.8. The van der Waals surface area contributed by atoms with Crippen LogP contribution in [0.5, 0.6) is 0 Å². The summed E-state index contributed by atoms with van der Waals surface area (Å²) in [5, 5.41) is 3.47. The first-order chi connectivity index (χ1) is 31.7. The third-order valence-corrected chi connectivity index (χ3v) is 14.6. The lowest BCUT2D eigenvalue weighted by atomic mass is 9.81. The molecule has 308 valence electrons. The van der Waals surface area contributed by atoms with Crippen LogP contribution in [-0.2, 0) is 10.8 Å². The summed E-state index contributed by atoms with van der Waals surface area (Å²) in [6, 6.07) is 73.4. The number of fused-ring (bicyclic) bond motifs is 10. The van der Waals surface area contributed by atoms with Gasteiger partial charge in [-0.2, -0.15) is 0 Å². The number of pyridine rings is 1. The second-order valence-corrected chi connectivity index (χ2v) is 19.0. The van der Waals surface area contributed by atoms with E-state index in [2.05, 4.69) is 232 Å². The van der Waals surface area contributed by atoms with Crippen LogP contribution in [0.15, 0.2) is 200 Å². The summed E-state index contributed by atoms with van der Waals surface area (Å²) in [6.45, 7) is 9.42. The highest BCUT2D eigenvalue weighted by Crippen LogP contribution is 2.52. The number of hydrogen-bond donors (Lipinski definition) is 0. The third kappa shape index (κ3) is 5.55. The smallest absolute Gasteiger partial charge is 0.145 e. The first-order valence-corrected chi connectivity index (χ1v) is 22.7. The molecule has 0 saturated carbocycles. The van der Waals surface area contributed by atoms with Crippen molar-refractivity contribution in [3.05, 3.63) is 222 Å². The van der Waals surface area contributed by atoms with Crippen molar-refractivity contribution >= 4 is 32.7 Å². The number of benzene rings is 9. The third-order valence-electron chi connectivity index (χ3n) is 14.6. The highest BCUT2D eigenvalue weighted by Gasteiger charge is 2.37. The lowest BCUT2D eigenvalue weighted by molar-refractivity contribution is 0.660. The average Bonchev–Trinajstić information content (AvgIpc) is 3.93. The summed E-state index contributed by atoms with van der Waals surface area (Å²) in [6.07, 6.45) is 0. The highest BCUT2D eigenvalue weighted by atomic mass is 15.1. The predicted octanol–water partition coefficient (Wildman–Crippen LogP) is 16.0. The highest BCUT2D eigenvalue weighted by molar-refractivity contribution is 6.16. The molecular weight excluding hydrogens is 787 g/mol. The van der Waals surface area contributed by atoms with Gasteiger partial charge in [0.25, 0.3) is 0 Å². The fraction of sp³-hybridized carbons (Fsp3) is 0.0968. The minimum absolute atomic E-state index is 0.106. The number of aromatic nitrogens is 3. The molecule has 0 spiro atoms. The van der Waals surface area contributed by atoms with Crippen molar-refractivity contribution in [2.24, 2.45) is 0 Å². The molecule has 11 aromatic rings. The Bertz CT molecular complexity index is 3760. The van der Waals surface area contributed by atoms with E-state index >= 15 is 0 Å². The first-order valence-electron chi connectivity index (χ1n) is 22.7. The zero-order chi connectivity index (χ0) is 43.6. The molecule has 0 N–H and O–H groups in total. The summed E-state index contributed by atoms with van der Waals surface area (Å²) in [5.41, 5.74) is 22.5. The minimum atomic E-state index is -0.124. The molecule has 0 atom stereocenters. The molecule has 13 rings (SSSR count). The largest absolute Gasteiger partial charge is 0.292 e. The van der Waals surface area contributed by atoms with Gasteiger partial charge in [0.05, 0.1) is 22.2 Å². The molecule has 65 heavy (non-hydrogen) atoms. The van der Waals surface area contributed by atoms with Crippen LogP contribution in [0.3, 0.4) is 0 Å². The van der Waals surface area contributed by atoms with Gasteiger partial charge in [-0.3, -0.25) is 4.57 Å². The van der Waals surface area contributed by atoms with Gasteiger partial charge in [-0.1, -0.05) is 179 Å². The molecule has 0 radical (unpaired) electrons. The van der Waals surface area contributed by atoms with Crippen molar-refractivity contribution in [1.82, 2.24) is 14.5 Å². The van der Waals surface area contributed by atoms with Gasteiger partial charge < -0.3 is 0 Å². The van der Waals surface area contributed by atoms with Crippen LogP contribution in [0.25, 0.3) is 106 Å². The maximum atomic E-state index is 5.65. The lowest BCUT2D eigenvalue weighted by Crippen LogP contribution is -2.15. The molecule has 2 aliphatic rings. The maximum absolute atomic E-state index is 5.65. The van der Waals surface area contributed by atoms with Gasteiger partial charge in [0.15, 0.2) is 0 Å². The van der Waals surface area contributed by atoms with E-state index in [1.165, 1.54) is 61.0 Å². The van der Waals surface area contributed by atoms with Gasteiger partial charge in [-0.15, -0.1) is 0 Å². The Morgan fingerprint density at radius 3 is 1.58 bits per heavy atom. The van der Waals surface area contributed by atoms with Crippen molar-refractivity contribution in [3.63, 3.8) is 0 Å². The fourth-order valence-electron chi connectivity index (χ4n) is 11.3. The topological polar surface area (TPSA) is 30.7 Å². The Labute approximate surface area is 379 Å². The number of imidazole rings is 1. The molecular formula is C62H45N3. The zero-order valence-corrected chi connectivity index (χ0v) is 36.9. The average molecular weight is 832 g/mol. The van der Waals surface area contributed by atoms with Crippen molar-refractivity contribution < 1.29 is 0 Å². The number of rotatable bonds is 5. The van der Waals surface area contributed by atoms with E-state index in [1.807, 2.05) is 0 Å². The quantitative estimate of drug-likeness (QED) is 0.162. The molecule has 2 heterocycles. The summed E-state index contributed by atoms with van der Waals surface area (Å²) in [7, 11) is 0. The molecule has 2 aliphatic carbocycles. The van der Waals surface area contributed by atoms with Crippen LogP contribution in [0.1, 0.15) is 49.9 Å². The van der Waals surface area contributed by atoms with Gasteiger partial charge in [-0.05, 0) is 121 Å². The maximum Gasteiger partial charge on any atom is 0.145 e. The van der Waals surface area contributed by atoms with Crippen LogP contribution in [0.4, 0.5) is 0 Å². The fourth-order valence-corrected chi connectivity index (χ4v) is 11.3. The van der Waals surface area contributed by atoms with Gasteiger partial charge in [0.1, 0.15) is 5.82 Å². The predicted molar refractivity (Wildman–Crippen MR) is 271 cm³/mol.